The molecule has 0 aliphatic rings. The van der Waals surface area contributed by atoms with E-state index in [1.807, 2.05) is 47.5 Å². The third-order valence-electron chi connectivity index (χ3n) is 3.18. The lowest BCUT2D eigenvalue weighted by atomic mass is 10.1. The summed E-state index contributed by atoms with van der Waals surface area (Å²) in [4.78, 5) is 24.1. The highest BCUT2D eigenvalue weighted by atomic mass is 32.1. The van der Waals surface area contributed by atoms with Gasteiger partial charge in [0.2, 0.25) is 0 Å². The van der Waals surface area contributed by atoms with Gasteiger partial charge in [0.25, 0.3) is 5.91 Å². The van der Waals surface area contributed by atoms with Crippen molar-refractivity contribution in [2.75, 3.05) is 0 Å². The molecule has 6 heteroatoms. The fourth-order valence-electron chi connectivity index (χ4n) is 2.06. The number of carboxylic acid groups (broad SMARTS) is 1. The number of rotatable bonds is 7. The molecule has 21 heavy (non-hydrogen) atoms. The molecule has 0 aromatic carbocycles. The third-order valence-corrected chi connectivity index (χ3v) is 4.09. The zero-order valence-corrected chi connectivity index (χ0v) is 12.6. The maximum absolute atomic E-state index is 12.3. The third kappa shape index (κ3) is 3.72. The van der Waals surface area contributed by atoms with Crippen LogP contribution in [0.2, 0.25) is 0 Å². The lowest BCUT2D eigenvalue weighted by Crippen LogP contribution is -2.40. The SMILES string of the molecule is CCCC[C@H](NC(=O)c1sccc1-n1cccc1)C(=O)O. The van der Waals surface area contributed by atoms with Crippen LogP contribution in [0.15, 0.2) is 36.0 Å². The van der Waals surface area contributed by atoms with Crippen molar-refractivity contribution in [3.8, 4) is 5.69 Å². The van der Waals surface area contributed by atoms with Crippen molar-refractivity contribution in [1.82, 2.24) is 9.88 Å². The van der Waals surface area contributed by atoms with Crippen molar-refractivity contribution in [2.45, 2.75) is 32.2 Å². The highest BCUT2D eigenvalue weighted by Gasteiger charge is 2.22. The number of nitrogens with one attached hydrogen (secondary N) is 1. The number of hydrogen-bond acceptors (Lipinski definition) is 3. The molecule has 0 fully saturated rings. The number of amides is 1. The first kappa shape index (κ1) is 15.3. The van der Waals surface area contributed by atoms with Crippen molar-refractivity contribution in [3.63, 3.8) is 0 Å². The summed E-state index contributed by atoms with van der Waals surface area (Å²) < 4.78 is 1.84. The molecule has 112 valence electrons. The monoisotopic (exact) mass is 306 g/mol. The number of aliphatic carboxylic acids is 1. The van der Waals surface area contributed by atoms with Crippen molar-refractivity contribution >= 4 is 23.2 Å². The lowest BCUT2D eigenvalue weighted by Gasteiger charge is -2.14. The maximum Gasteiger partial charge on any atom is 0.326 e. The Kier molecular flexibility index (Phi) is 5.16. The van der Waals surface area contributed by atoms with Crippen molar-refractivity contribution in [1.29, 1.82) is 0 Å². The molecule has 0 saturated carbocycles. The lowest BCUT2D eigenvalue weighted by molar-refractivity contribution is -0.139. The summed E-state index contributed by atoms with van der Waals surface area (Å²) in [6.45, 7) is 1.99. The standard InChI is InChI=1S/C15H18N2O3S/c1-2-3-6-11(15(19)20)16-14(18)13-12(7-10-21-13)17-8-4-5-9-17/h4-5,7-11H,2-3,6H2,1H3,(H,16,18)(H,19,20)/t11-/m0/s1. The fourth-order valence-corrected chi connectivity index (χ4v) is 2.85. The van der Waals surface area contributed by atoms with Gasteiger partial charge in [-0.3, -0.25) is 4.79 Å². The highest BCUT2D eigenvalue weighted by molar-refractivity contribution is 7.12. The normalized spacial score (nSPS) is 12.0. The predicted molar refractivity (Wildman–Crippen MR) is 82.1 cm³/mol. The first-order valence-corrected chi connectivity index (χ1v) is 7.76. The average molecular weight is 306 g/mol. The smallest absolute Gasteiger partial charge is 0.326 e. The molecule has 0 spiro atoms. The summed E-state index contributed by atoms with van der Waals surface area (Å²) in [7, 11) is 0. The molecule has 0 saturated heterocycles. The van der Waals surface area contributed by atoms with E-state index in [1.54, 1.807) is 0 Å². The second-order valence-electron chi connectivity index (χ2n) is 4.73. The zero-order chi connectivity index (χ0) is 15.2. The van der Waals surface area contributed by atoms with Crippen molar-refractivity contribution < 1.29 is 14.7 Å². The number of unbranched alkanes of at least 4 members (excludes halogenated alkanes) is 1. The summed E-state index contributed by atoms with van der Waals surface area (Å²) in [5.74, 6) is -1.33. The van der Waals surface area contributed by atoms with Crippen molar-refractivity contribution in [2.24, 2.45) is 0 Å². The van der Waals surface area contributed by atoms with Crippen LogP contribution in [0.1, 0.15) is 35.9 Å². The molecule has 0 bridgehead atoms. The number of aromatic nitrogens is 1. The van der Waals surface area contributed by atoms with E-state index in [0.717, 1.165) is 18.5 Å². The Bertz CT molecular complexity index is 604. The molecule has 0 aliphatic carbocycles. The van der Waals surface area contributed by atoms with E-state index in [9.17, 15) is 14.7 Å². The van der Waals surface area contributed by atoms with E-state index in [2.05, 4.69) is 5.32 Å². The second kappa shape index (κ2) is 7.08. The largest absolute Gasteiger partial charge is 0.480 e. The van der Waals surface area contributed by atoms with Crippen LogP contribution >= 0.6 is 11.3 Å². The molecule has 2 N–H and O–H groups in total. The first-order chi connectivity index (χ1) is 10.1. The van der Waals surface area contributed by atoms with Crippen LogP contribution in [-0.2, 0) is 4.79 Å². The Morgan fingerprint density at radius 2 is 2.10 bits per heavy atom. The summed E-state index contributed by atoms with van der Waals surface area (Å²) >= 11 is 1.31. The van der Waals surface area contributed by atoms with Gasteiger partial charge in [-0.15, -0.1) is 11.3 Å². The quantitative estimate of drug-likeness (QED) is 0.826. The number of thiophene rings is 1. The van der Waals surface area contributed by atoms with E-state index >= 15 is 0 Å². The molecular formula is C15H18N2O3S. The Labute approximate surface area is 127 Å². The van der Waals surface area contributed by atoms with Gasteiger partial charge in [0.05, 0.1) is 5.69 Å². The van der Waals surface area contributed by atoms with E-state index < -0.39 is 12.0 Å². The number of nitrogens with zero attached hydrogens (tertiary/aromatic N) is 1. The van der Waals surface area contributed by atoms with Gasteiger partial charge in [0.1, 0.15) is 10.9 Å². The average Bonchev–Trinajstić information content (AvgIpc) is 3.11. The van der Waals surface area contributed by atoms with Gasteiger partial charge in [-0.25, -0.2) is 4.79 Å². The minimum Gasteiger partial charge on any atom is -0.480 e. The Hall–Kier alpha value is -2.08. The van der Waals surface area contributed by atoms with Crippen LogP contribution in [0, 0.1) is 0 Å². The second-order valence-corrected chi connectivity index (χ2v) is 5.65. The van der Waals surface area contributed by atoms with Gasteiger partial charge in [0, 0.05) is 12.4 Å². The molecule has 0 radical (unpaired) electrons. The van der Waals surface area contributed by atoms with Crippen LogP contribution in [0.5, 0.6) is 0 Å². The Morgan fingerprint density at radius 1 is 1.38 bits per heavy atom. The van der Waals surface area contributed by atoms with Gasteiger partial charge in [-0.05, 0) is 30.0 Å². The van der Waals surface area contributed by atoms with E-state index in [0.29, 0.717) is 11.3 Å². The van der Waals surface area contributed by atoms with Crippen LogP contribution in [0.4, 0.5) is 0 Å². The molecule has 2 aromatic heterocycles. The number of carbonyl (C=O) groups excluding carboxylic acids is 1. The summed E-state index contributed by atoms with van der Waals surface area (Å²) in [6, 6.07) is 4.76. The van der Waals surface area contributed by atoms with Crippen LogP contribution in [-0.4, -0.2) is 27.6 Å². The van der Waals surface area contributed by atoms with Crippen LogP contribution < -0.4 is 5.32 Å². The predicted octanol–water partition coefficient (Wildman–Crippen LogP) is 2.91. The van der Waals surface area contributed by atoms with Crippen molar-refractivity contribution in [3.05, 3.63) is 40.8 Å². The Morgan fingerprint density at radius 3 is 2.71 bits per heavy atom. The number of carbonyl (C=O) groups is 2. The zero-order valence-electron chi connectivity index (χ0n) is 11.8. The number of hydrogen-bond donors (Lipinski definition) is 2. The van der Waals surface area contributed by atoms with E-state index in [1.165, 1.54) is 11.3 Å². The van der Waals surface area contributed by atoms with Crippen LogP contribution in [0.3, 0.4) is 0 Å². The molecule has 0 aliphatic heterocycles. The van der Waals surface area contributed by atoms with Gasteiger partial charge >= 0.3 is 5.97 Å². The minimum absolute atomic E-state index is 0.336. The molecule has 1 atom stereocenters. The minimum atomic E-state index is -0.990. The molecule has 0 unspecified atom stereocenters. The van der Waals surface area contributed by atoms with Gasteiger partial charge in [-0.1, -0.05) is 19.8 Å². The molecule has 2 aromatic rings. The highest BCUT2D eigenvalue weighted by Crippen LogP contribution is 2.21. The van der Waals surface area contributed by atoms with E-state index in [4.69, 9.17) is 0 Å². The Balaban J connectivity index is 2.13. The maximum atomic E-state index is 12.3. The fraction of sp³-hybridized carbons (Fsp3) is 0.333. The first-order valence-electron chi connectivity index (χ1n) is 6.88. The van der Waals surface area contributed by atoms with Gasteiger partial charge in [-0.2, -0.15) is 0 Å². The van der Waals surface area contributed by atoms with Gasteiger partial charge < -0.3 is 15.0 Å². The van der Waals surface area contributed by atoms with E-state index in [-0.39, 0.29) is 5.91 Å². The molecule has 5 nitrogen and oxygen atoms in total. The molecule has 2 rings (SSSR count). The number of carboxylic acids is 1. The summed E-state index contributed by atoms with van der Waals surface area (Å²) in [5.41, 5.74) is 0.766. The molecular weight excluding hydrogens is 288 g/mol. The summed E-state index contributed by atoms with van der Waals surface area (Å²) in [5, 5.41) is 13.6. The topological polar surface area (TPSA) is 71.3 Å². The molecule has 2 heterocycles. The summed E-state index contributed by atoms with van der Waals surface area (Å²) in [6.07, 6.45) is 5.82. The molecule has 1 amide bonds. The van der Waals surface area contributed by atoms with Crippen LogP contribution in [0.25, 0.3) is 5.69 Å². The van der Waals surface area contributed by atoms with Gasteiger partial charge in [0.15, 0.2) is 0 Å².